The van der Waals surface area contributed by atoms with Crippen molar-refractivity contribution in [2.45, 2.75) is 38.2 Å². The number of carbonyl (C=O) groups is 1. The largest absolute Gasteiger partial charge is 0.482 e. The van der Waals surface area contributed by atoms with Crippen LogP contribution < -0.4 is 14.8 Å². The monoisotopic (exact) mass is 545 g/mol. The normalized spacial score (nSPS) is 16.9. The van der Waals surface area contributed by atoms with Crippen LogP contribution in [0.4, 0.5) is 17.6 Å². The summed E-state index contributed by atoms with van der Waals surface area (Å²) in [7, 11) is -1.69. The highest BCUT2D eigenvalue weighted by Gasteiger charge is 2.35. The summed E-state index contributed by atoms with van der Waals surface area (Å²) in [5.74, 6) is -7.61. The minimum atomic E-state index is -3.24. The van der Waals surface area contributed by atoms with Crippen LogP contribution >= 0.6 is 0 Å². The molecule has 200 valence electrons. The minimum Gasteiger partial charge on any atom is -0.482 e. The summed E-state index contributed by atoms with van der Waals surface area (Å²) in [6, 6.07) is 1.71. The van der Waals surface area contributed by atoms with Gasteiger partial charge in [0.2, 0.25) is 5.82 Å². The highest BCUT2D eigenvalue weighted by Crippen LogP contribution is 2.32. The number of hydrogen-bond donors (Lipinski definition) is 1. The zero-order valence-electron chi connectivity index (χ0n) is 20.0. The summed E-state index contributed by atoms with van der Waals surface area (Å²) < 4.78 is 89.8. The number of sulfone groups is 1. The number of pyridine rings is 2. The van der Waals surface area contributed by atoms with Crippen LogP contribution in [0.5, 0.6) is 17.5 Å². The number of halogens is 4. The Hall–Kier alpha value is -3.49. The molecule has 0 atom stereocenters. The Morgan fingerprint density at radius 2 is 1.86 bits per heavy atom. The number of aryl methyl sites for hydroxylation is 1. The first kappa shape index (κ1) is 26.6. The summed E-state index contributed by atoms with van der Waals surface area (Å²) in [5.41, 5.74) is -0.710. The smallest absolute Gasteiger partial charge is 0.287 e. The van der Waals surface area contributed by atoms with Crippen LogP contribution in [0.1, 0.15) is 37.3 Å². The number of rotatable bonds is 7. The van der Waals surface area contributed by atoms with Crippen LogP contribution in [0.3, 0.4) is 0 Å². The fourth-order valence-electron chi connectivity index (χ4n) is 3.67. The van der Waals surface area contributed by atoms with E-state index in [1.807, 2.05) is 0 Å². The first-order valence-electron chi connectivity index (χ1n) is 11.0. The van der Waals surface area contributed by atoms with Gasteiger partial charge in [-0.05, 0) is 19.8 Å². The van der Waals surface area contributed by atoms with Crippen molar-refractivity contribution in [1.82, 2.24) is 24.8 Å². The van der Waals surface area contributed by atoms with Crippen molar-refractivity contribution in [3.8, 4) is 17.5 Å². The molecular formula is C22H23F4N5O5S. The lowest BCUT2D eigenvalue weighted by molar-refractivity contribution is -0.0236. The van der Waals surface area contributed by atoms with Gasteiger partial charge in [0.05, 0.1) is 17.7 Å². The SMILES string of the molecule is Cn1c(C(=O)NC2(C)CCS(=O)(=O)CC2)nc2cc(F)c(Oc3ncc(F)cc3OCC(C)(F)F)nc21. The molecule has 0 unspecified atom stereocenters. The molecule has 4 rings (SSSR count). The van der Waals surface area contributed by atoms with Crippen molar-refractivity contribution in [3.05, 3.63) is 35.8 Å². The quantitative estimate of drug-likeness (QED) is 0.449. The van der Waals surface area contributed by atoms with Crippen molar-refractivity contribution in [1.29, 1.82) is 0 Å². The molecule has 3 aromatic rings. The molecule has 10 nitrogen and oxygen atoms in total. The number of amides is 1. The van der Waals surface area contributed by atoms with Crippen molar-refractivity contribution in [2.24, 2.45) is 7.05 Å². The molecule has 0 aliphatic carbocycles. The van der Waals surface area contributed by atoms with Crippen LogP contribution in [-0.4, -0.2) is 63.4 Å². The zero-order chi connectivity index (χ0) is 27.2. The van der Waals surface area contributed by atoms with Crippen LogP contribution in [0.2, 0.25) is 0 Å². The van der Waals surface area contributed by atoms with Crippen molar-refractivity contribution < 1.29 is 40.2 Å². The molecule has 0 bridgehead atoms. The summed E-state index contributed by atoms with van der Waals surface area (Å²) >= 11 is 0. The second-order valence-corrected chi connectivity index (χ2v) is 11.5. The van der Waals surface area contributed by atoms with Crippen LogP contribution in [0.15, 0.2) is 18.3 Å². The Kier molecular flexibility index (Phi) is 6.77. The first-order valence-corrected chi connectivity index (χ1v) is 12.9. The predicted octanol–water partition coefficient (Wildman–Crippen LogP) is 3.16. The molecule has 0 spiro atoms. The van der Waals surface area contributed by atoms with Gasteiger partial charge in [0, 0.05) is 31.6 Å². The average Bonchev–Trinajstić information content (AvgIpc) is 3.11. The molecular weight excluding hydrogens is 522 g/mol. The highest BCUT2D eigenvalue weighted by molar-refractivity contribution is 7.91. The number of ether oxygens (including phenoxy) is 2. The summed E-state index contributed by atoms with van der Waals surface area (Å²) in [5, 5.41) is 2.80. The van der Waals surface area contributed by atoms with Crippen molar-refractivity contribution >= 4 is 26.9 Å². The molecule has 1 aliphatic heterocycles. The van der Waals surface area contributed by atoms with E-state index in [0.29, 0.717) is 6.92 Å². The van der Waals surface area contributed by atoms with Crippen LogP contribution in [0.25, 0.3) is 11.2 Å². The Morgan fingerprint density at radius 3 is 2.51 bits per heavy atom. The number of imidazole rings is 1. The van der Waals surface area contributed by atoms with Gasteiger partial charge in [-0.3, -0.25) is 4.79 Å². The lowest BCUT2D eigenvalue weighted by atomic mass is 9.95. The molecule has 0 radical (unpaired) electrons. The molecule has 1 saturated heterocycles. The third kappa shape index (κ3) is 6.09. The average molecular weight is 546 g/mol. The summed E-state index contributed by atoms with van der Waals surface area (Å²) in [6.07, 6.45) is 1.19. The number of aromatic nitrogens is 4. The van der Waals surface area contributed by atoms with E-state index in [0.717, 1.165) is 18.3 Å². The number of hydrogen-bond acceptors (Lipinski definition) is 8. The van der Waals surface area contributed by atoms with E-state index in [2.05, 4.69) is 20.3 Å². The lowest BCUT2D eigenvalue weighted by Gasteiger charge is -2.34. The van der Waals surface area contributed by atoms with Gasteiger partial charge in [0.15, 0.2) is 23.8 Å². The van der Waals surface area contributed by atoms with E-state index in [4.69, 9.17) is 9.47 Å². The third-order valence-electron chi connectivity index (χ3n) is 5.77. The van der Waals surface area contributed by atoms with Gasteiger partial charge < -0.3 is 19.4 Å². The number of carbonyl (C=O) groups excluding carboxylic acids is 1. The maximum atomic E-state index is 14.8. The van der Waals surface area contributed by atoms with Gasteiger partial charge in [-0.1, -0.05) is 0 Å². The maximum Gasteiger partial charge on any atom is 0.287 e. The fraction of sp³-hybridized carbons (Fsp3) is 0.455. The first-order chi connectivity index (χ1) is 17.1. The molecule has 15 heteroatoms. The molecule has 1 amide bonds. The Morgan fingerprint density at radius 1 is 1.19 bits per heavy atom. The molecule has 0 aromatic carbocycles. The predicted molar refractivity (Wildman–Crippen MR) is 123 cm³/mol. The molecule has 1 fully saturated rings. The van der Waals surface area contributed by atoms with Crippen LogP contribution in [0, 0.1) is 11.6 Å². The molecule has 1 N–H and O–H groups in total. The molecule has 37 heavy (non-hydrogen) atoms. The molecule has 1 aliphatic rings. The Balaban J connectivity index is 1.60. The minimum absolute atomic E-state index is 0.0167. The Labute approximate surface area is 208 Å². The number of alkyl halides is 2. The van der Waals surface area contributed by atoms with Gasteiger partial charge >= 0.3 is 0 Å². The van der Waals surface area contributed by atoms with E-state index in [9.17, 15) is 30.8 Å². The number of fused-ring (bicyclic) bond motifs is 1. The van der Waals surface area contributed by atoms with E-state index < -0.39 is 63.0 Å². The van der Waals surface area contributed by atoms with Gasteiger partial charge in [-0.25, -0.2) is 35.9 Å². The van der Waals surface area contributed by atoms with Crippen LogP contribution in [-0.2, 0) is 16.9 Å². The molecule has 0 saturated carbocycles. The van der Waals surface area contributed by atoms with Gasteiger partial charge in [0.1, 0.15) is 21.2 Å². The van der Waals surface area contributed by atoms with E-state index in [-0.39, 0.29) is 41.3 Å². The third-order valence-corrected chi connectivity index (χ3v) is 7.43. The second kappa shape index (κ2) is 9.43. The van der Waals surface area contributed by atoms with E-state index in [1.54, 1.807) is 6.92 Å². The summed E-state index contributed by atoms with van der Waals surface area (Å²) in [6.45, 7) is 1.23. The van der Waals surface area contributed by atoms with E-state index >= 15 is 0 Å². The van der Waals surface area contributed by atoms with Crippen molar-refractivity contribution in [3.63, 3.8) is 0 Å². The summed E-state index contributed by atoms with van der Waals surface area (Å²) in [4.78, 5) is 24.7. The topological polar surface area (TPSA) is 125 Å². The van der Waals surface area contributed by atoms with Gasteiger partial charge in [-0.15, -0.1) is 0 Å². The number of nitrogens with one attached hydrogen (secondary N) is 1. The lowest BCUT2D eigenvalue weighted by Crippen LogP contribution is -2.51. The zero-order valence-corrected chi connectivity index (χ0v) is 20.8. The Bertz CT molecular complexity index is 1460. The van der Waals surface area contributed by atoms with E-state index in [1.165, 1.54) is 11.6 Å². The van der Waals surface area contributed by atoms with Gasteiger partial charge in [-0.2, -0.15) is 4.98 Å². The second-order valence-electron chi connectivity index (χ2n) is 9.20. The molecule has 3 aromatic heterocycles. The maximum absolute atomic E-state index is 14.8. The van der Waals surface area contributed by atoms with Crippen molar-refractivity contribution in [2.75, 3.05) is 18.1 Å². The molecule has 4 heterocycles. The number of nitrogens with zero attached hydrogens (tertiary/aromatic N) is 4. The fourth-order valence-corrected chi connectivity index (χ4v) is 5.40. The standard InChI is InChI=1S/C22H23F4N5O5S/c1-21(4-6-37(33,34)7-5-21)30-18(32)17-28-14-9-13(24)19(29-16(14)31(17)3)36-20-15(8-12(23)10-27-20)35-11-22(2,25)26/h8-10H,4-7,11H2,1-3H3,(H,30,32). The van der Waals surface area contributed by atoms with Gasteiger partial charge in [0.25, 0.3) is 23.6 Å². The highest BCUT2D eigenvalue weighted by atomic mass is 32.2.